The molecule has 0 amide bonds. The lowest BCUT2D eigenvalue weighted by Gasteiger charge is -2.08. The standard InChI is InChI=1S/C11H13NO5/c1-8-9(12(14)15)4-3-5-10(8)17-7-6-11(13)16-2/h3-5H,6-7H2,1-2H3. The maximum absolute atomic E-state index is 10.9. The summed E-state index contributed by atoms with van der Waals surface area (Å²) in [6.45, 7) is 1.74. The average molecular weight is 239 g/mol. The fraction of sp³-hybridized carbons (Fsp3) is 0.364. The van der Waals surface area contributed by atoms with Crippen molar-refractivity contribution in [1.29, 1.82) is 0 Å². The maximum Gasteiger partial charge on any atom is 0.308 e. The van der Waals surface area contributed by atoms with Crippen LogP contribution in [0, 0.1) is 17.0 Å². The van der Waals surface area contributed by atoms with Gasteiger partial charge in [-0.3, -0.25) is 14.9 Å². The number of esters is 1. The topological polar surface area (TPSA) is 78.7 Å². The summed E-state index contributed by atoms with van der Waals surface area (Å²) >= 11 is 0. The van der Waals surface area contributed by atoms with Crippen LogP contribution < -0.4 is 4.74 Å². The normalized spacial score (nSPS) is 9.76. The number of rotatable bonds is 5. The van der Waals surface area contributed by atoms with E-state index in [4.69, 9.17) is 4.74 Å². The number of nitrogens with zero attached hydrogens (tertiary/aromatic N) is 1. The van der Waals surface area contributed by atoms with E-state index in [0.717, 1.165) is 0 Å². The molecule has 6 heteroatoms. The molecule has 1 aromatic carbocycles. The molecule has 0 heterocycles. The quantitative estimate of drug-likeness (QED) is 0.445. The largest absolute Gasteiger partial charge is 0.492 e. The van der Waals surface area contributed by atoms with Gasteiger partial charge in [-0.15, -0.1) is 0 Å². The van der Waals surface area contributed by atoms with Gasteiger partial charge in [0, 0.05) is 6.07 Å². The fourth-order valence-corrected chi connectivity index (χ4v) is 1.30. The number of ether oxygens (including phenoxy) is 2. The van der Waals surface area contributed by atoms with E-state index < -0.39 is 4.92 Å². The Bertz CT molecular complexity index is 430. The van der Waals surface area contributed by atoms with Crippen LogP contribution in [0.5, 0.6) is 5.75 Å². The third kappa shape index (κ3) is 3.44. The van der Waals surface area contributed by atoms with E-state index >= 15 is 0 Å². The number of carbonyl (C=O) groups is 1. The molecule has 0 aromatic heterocycles. The van der Waals surface area contributed by atoms with Gasteiger partial charge in [-0.25, -0.2) is 0 Å². The first-order valence-electron chi connectivity index (χ1n) is 5.00. The summed E-state index contributed by atoms with van der Waals surface area (Å²) in [4.78, 5) is 21.1. The Morgan fingerprint density at radius 2 is 2.18 bits per heavy atom. The van der Waals surface area contributed by atoms with Crippen LogP contribution >= 0.6 is 0 Å². The van der Waals surface area contributed by atoms with Crippen LogP contribution in [0.4, 0.5) is 5.69 Å². The van der Waals surface area contributed by atoms with E-state index in [-0.39, 0.29) is 24.7 Å². The number of carbonyl (C=O) groups excluding carboxylic acids is 1. The zero-order valence-corrected chi connectivity index (χ0v) is 9.63. The minimum atomic E-state index is -0.470. The molecule has 0 fully saturated rings. The molecular formula is C11H13NO5. The van der Waals surface area contributed by atoms with Gasteiger partial charge in [-0.1, -0.05) is 6.07 Å². The number of nitro groups is 1. The minimum Gasteiger partial charge on any atom is -0.492 e. The highest BCUT2D eigenvalue weighted by atomic mass is 16.6. The Balaban J connectivity index is 2.69. The third-order valence-corrected chi connectivity index (χ3v) is 2.24. The molecule has 0 aliphatic carbocycles. The van der Waals surface area contributed by atoms with Crippen molar-refractivity contribution in [2.75, 3.05) is 13.7 Å². The third-order valence-electron chi connectivity index (χ3n) is 2.24. The zero-order chi connectivity index (χ0) is 12.8. The second kappa shape index (κ2) is 5.83. The lowest BCUT2D eigenvalue weighted by atomic mass is 10.2. The van der Waals surface area contributed by atoms with Crippen LogP contribution in [0.25, 0.3) is 0 Å². The van der Waals surface area contributed by atoms with E-state index in [1.165, 1.54) is 13.2 Å². The van der Waals surface area contributed by atoms with Crippen molar-refractivity contribution in [3.8, 4) is 5.75 Å². The Hall–Kier alpha value is -2.11. The van der Waals surface area contributed by atoms with Crippen molar-refractivity contribution in [3.05, 3.63) is 33.9 Å². The van der Waals surface area contributed by atoms with Crippen LogP contribution in [-0.2, 0) is 9.53 Å². The highest BCUT2D eigenvalue weighted by molar-refractivity contribution is 5.69. The Morgan fingerprint density at radius 1 is 1.47 bits per heavy atom. The summed E-state index contributed by atoms with van der Waals surface area (Å²) in [6, 6.07) is 4.57. The fourth-order valence-electron chi connectivity index (χ4n) is 1.30. The molecule has 0 saturated carbocycles. The molecule has 0 radical (unpaired) electrons. The highest BCUT2D eigenvalue weighted by Gasteiger charge is 2.14. The van der Waals surface area contributed by atoms with Gasteiger partial charge < -0.3 is 9.47 Å². The number of hydrogen-bond acceptors (Lipinski definition) is 5. The van der Waals surface area contributed by atoms with E-state index in [1.807, 2.05) is 0 Å². The smallest absolute Gasteiger partial charge is 0.308 e. The Kier molecular flexibility index (Phi) is 4.45. The van der Waals surface area contributed by atoms with Gasteiger partial charge in [-0.05, 0) is 13.0 Å². The van der Waals surface area contributed by atoms with Crippen LogP contribution in [0.3, 0.4) is 0 Å². The van der Waals surface area contributed by atoms with Gasteiger partial charge in [0.15, 0.2) is 0 Å². The number of hydrogen-bond donors (Lipinski definition) is 0. The molecule has 0 aliphatic rings. The molecule has 92 valence electrons. The van der Waals surface area contributed by atoms with Gasteiger partial charge in [0.25, 0.3) is 5.69 Å². The molecule has 1 rings (SSSR count). The maximum atomic E-state index is 10.9. The zero-order valence-electron chi connectivity index (χ0n) is 9.63. The molecular weight excluding hydrogens is 226 g/mol. The Morgan fingerprint density at radius 3 is 2.76 bits per heavy atom. The predicted molar refractivity (Wildman–Crippen MR) is 60.0 cm³/mol. The molecule has 0 unspecified atom stereocenters. The SMILES string of the molecule is COC(=O)CCOc1cccc([N+](=O)[O-])c1C. The molecule has 0 N–H and O–H groups in total. The van der Waals surface area contributed by atoms with Crippen molar-refractivity contribution < 1.29 is 19.2 Å². The number of methoxy groups -OCH3 is 1. The van der Waals surface area contributed by atoms with Crippen molar-refractivity contribution in [3.63, 3.8) is 0 Å². The van der Waals surface area contributed by atoms with Crippen molar-refractivity contribution in [2.45, 2.75) is 13.3 Å². The molecule has 0 atom stereocenters. The molecule has 17 heavy (non-hydrogen) atoms. The van der Waals surface area contributed by atoms with E-state index in [2.05, 4.69) is 4.74 Å². The van der Waals surface area contributed by atoms with E-state index in [1.54, 1.807) is 19.1 Å². The van der Waals surface area contributed by atoms with Gasteiger partial charge in [0.1, 0.15) is 5.75 Å². The summed E-state index contributed by atoms with van der Waals surface area (Å²) < 4.78 is 9.75. The predicted octanol–water partition coefficient (Wildman–Crippen LogP) is 1.85. The lowest BCUT2D eigenvalue weighted by Crippen LogP contribution is -2.08. The first-order chi connectivity index (χ1) is 8.06. The second-order valence-corrected chi connectivity index (χ2v) is 3.33. The van der Waals surface area contributed by atoms with Gasteiger partial charge in [0.2, 0.25) is 0 Å². The van der Waals surface area contributed by atoms with E-state index in [9.17, 15) is 14.9 Å². The molecule has 0 spiro atoms. The molecule has 1 aromatic rings. The van der Waals surface area contributed by atoms with Crippen molar-refractivity contribution >= 4 is 11.7 Å². The van der Waals surface area contributed by atoms with Crippen molar-refractivity contribution in [1.82, 2.24) is 0 Å². The Labute approximate surface area is 98.3 Å². The monoisotopic (exact) mass is 239 g/mol. The minimum absolute atomic E-state index is 0.000526. The molecule has 0 saturated heterocycles. The van der Waals surface area contributed by atoms with Crippen LogP contribution in [-0.4, -0.2) is 24.6 Å². The first-order valence-corrected chi connectivity index (χ1v) is 5.00. The summed E-state index contributed by atoms with van der Waals surface area (Å²) in [6.07, 6.45) is 0.110. The summed E-state index contributed by atoms with van der Waals surface area (Å²) in [5, 5.41) is 10.7. The number of benzene rings is 1. The summed E-state index contributed by atoms with van der Waals surface area (Å²) in [7, 11) is 1.29. The van der Waals surface area contributed by atoms with Crippen LogP contribution in [0.1, 0.15) is 12.0 Å². The van der Waals surface area contributed by atoms with Gasteiger partial charge in [0.05, 0.1) is 30.6 Å². The van der Waals surface area contributed by atoms with Crippen LogP contribution in [0.2, 0.25) is 0 Å². The molecule has 6 nitrogen and oxygen atoms in total. The van der Waals surface area contributed by atoms with Crippen molar-refractivity contribution in [2.24, 2.45) is 0 Å². The first kappa shape index (κ1) is 13.0. The summed E-state index contributed by atoms with van der Waals surface area (Å²) in [5.74, 6) is 0.0242. The van der Waals surface area contributed by atoms with E-state index in [0.29, 0.717) is 11.3 Å². The molecule has 0 bridgehead atoms. The van der Waals surface area contributed by atoms with Gasteiger partial charge in [-0.2, -0.15) is 0 Å². The van der Waals surface area contributed by atoms with Gasteiger partial charge >= 0.3 is 5.97 Å². The van der Waals surface area contributed by atoms with Crippen LogP contribution in [0.15, 0.2) is 18.2 Å². The lowest BCUT2D eigenvalue weighted by molar-refractivity contribution is -0.385. The summed E-state index contributed by atoms with van der Waals surface area (Å²) in [5.41, 5.74) is 0.447. The second-order valence-electron chi connectivity index (χ2n) is 3.33. The average Bonchev–Trinajstić information content (AvgIpc) is 2.30. The highest BCUT2D eigenvalue weighted by Crippen LogP contribution is 2.26. The number of nitro benzene ring substituents is 1. The molecule has 0 aliphatic heterocycles.